The largest absolute Gasteiger partial charge is 0.491 e. The molecule has 6 nitrogen and oxygen atoms in total. The predicted molar refractivity (Wildman–Crippen MR) is 107 cm³/mol. The number of ether oxygens (including phenoxy) is 1. The summed E-state index contributed by atoms with van der Waals surface area (Å²) in [5.74, 6) is 1.73. The molecule has 2 unspecified atom stereocenters. The van der Waals surface area contributed by atoms with Crippen LogP contribution >= 0.6 is 15.9 Å². The Morgan fingerprint density at radius 1 is 1.37 bits per heavy atom. The Morgan fingerprint density at radius 2 is 2.19 bits per heavy atom. The van der Waals surface area contributed by atoms with Crippen molar-refractivity contribution >= 4 is 25.8 Å². The van der Waals surface area contributed by atoms with Gasteiger partial charge in [0.05, 0.1) is 18.1 Å². The van der Waals surface area contributed by atoms with Gasteiger partial charge in [0.15, 0.2) is 14.5 Å². The third-order valence-corrected chi connectivity index (χ3v) is 6.77. The van der Waals surface area contributed by atoms with Crippen molar-refractivity contribution in [3.63, 3.8) is 0 Å². The topological polar surface area (TPSA) is 80.0 Å². The average Bonchev–Trinajstić information content (AvgIpc) is 3.17. The number of rotatable bonds is 8. The second-order valence-corrected chi connectivity index (χ2v) is 9.98. The fraction of sp³-hybridized carbons (Fsp3) is 0.474. The smallest absolute Gasteiger partial charge is 0.169 e. The highest BCUT2D eigenvalue weighted by Gasteiger charge is 2.33. The molecule has 0 radical (unpaired) electrons. The van der Waals surface area contributed by atoms with Gasteiger partial charge in [-0.05, 0) is 59.1 Å². The van der Waals surface area contributed by atoms with Gasteiger partial charge in [0.25, 0.3) is 0 Å². The van der Waals surface area contributed by atoms with E-state index in [2.05, 4.69) is 15.9 Å². The molecular weight excluding hydrogens is 434 g/mol. The van der Waals surface area contributed by atoms with E-state index in [-0.39, 0.29) is 24.2 Å². The molecule has 1 aliphatic heterocycles. The number of sulfone groups is 1. The van der Waals surface area contributed by atoms with Gasteiger partial charge in [0, 0.05) is 12.6 Å². The molecule has 0 aliphatic carbocycles. The maximum absolute atomic E-state index is 11.9. The number of furan rings is 1. The van der Waals surface area contributed by atoms with Crippen LogP contribution in [0.1, 0.15) is 17.7 Å². The number of aryl methyl sites for hydroxylation is 1. The molecule has 2 atom stereocenters. The normalized spacial score (nSPS) is 20.1. The van der Waals surface area contributed by atoms with Gasteiger partial charge in [0.2, 0.25) is 0 Å². The molecule has 0 saturated carbocycles. The van der Waals surface area contributed by atoms with Gasteiger partial charge in [-0.3, -0.25) is 4.90 Å². The molecule has 1 aromatic heterocycles. The van der Waals surface area contributed by atoms with Gasteiger partial charge in [-0.1, -0.05) is 12.1 Å². The van der Waals surface area contributed by atoms with Crippen molar-refractivity contribution < 1.29 is 22.7 Å². The number of benzene rings is 1. The summed E-state index contributed by atoms with van der Waals surface area (Å²) in [5.41, 5.74) is 1.09. The van der Waals surface area contributed by atoms with Crippen molar-refractivity contribution in [2.75, 3.05) is 24.7 Å². The molecule has 1 fully saturated rings. The van der Waals surface area contributed by atoms with Crippen molar-refractivity contribution in [2.45, 2.75) is 32.0 Å². The van der Waals surface area contributed by atoms with E-state index >= 15 is 0 Å². The number of aliphatic hydroxyl groups is 1. The molecule has 3 rings (SSSR count). The van der Waals surface area contributed by atoms with Crippen LogP contribution in [0.4, 0.5) is 0 Å². The molecule has 1 aliphatic rings. The van der Waals surface area contributed by atoms with Crippen molar-refractivity contribution in [2.24, 2.45) is 0 Å². The lowest BCUT2D eigenvalue weighted by atomic mass is 10.2. The fourth-order valence-electron chi connectivity index (χ4n) is 3.26. The van der Waals surface area contributed by atoms with Crippen LogP contribution in [-0.2, 0) is 16.4 Å². The molecule has 1 N–H and O–H groups in total. The van der Waals surface area contributed by atoms with E-state index < -0.39 is 15.9 Å². The Labute approximate surface area is 168 Å². The summed E-state index contributed by atoms with van der Waals surface area (Å²) in [4.78, 5) is 1.97. The Morgan fingerprint density at radius 3 is 2.81 bits per heavy atom. The predicted octanol–water partition coefficient (Wildman–Crippen LogP) is 2.78. The van der Waals surface area contributed by atoms with Gasteiger partial charge in [-0.2, -0.15) is 0 Å². The van der Waals surface area contributed by atoms with Crippen molar-refractivity contribution in [1.82, 2.24) is 4.90 Å². The Kier molecular flexibility index (Phi) is 6.62. The first-order valence-electron chi connectivity index (χ1n) is 8.87. The molecule has 8 heteroatoms. The highest BCUT2D eigenvalue weighted by Crippen LogP contribution is 2.23. The molecule has 148 valence electrons. The lowest BCUT2D eigenvalue weighted by molar-refractivity contribution is 0.0496. The van der Waals surface area contributed by atoms with E-state index in [4.69, 9.17) is 9.15 Å². The van der Waals surface area contributed by atoms with E-state index in [9.17, 15) is 13.5 Å². The summed E-state index contributed by atoms with van der Waals surface area (Å²) < 4.78 is 35.6. The third-order valence-electron chi connectivity index (χ3n) is 4.59. The fourth-order valence-corrected chi connectivity index (χ4v) is 5.37. The summed E-state index contributed by atoms with van der Waals surface area (Å²) in [5, 5.41) is 10.5. The molecule has 0 spiro atoms. The summed E-state index contributed by atoms with van der Waals surface area (Å²) in [6.07, 6.45) is -0.178. The summed E-state index contributed by atoms with van der Waals surface area (Å²) in [6.45, 7) is 2.87. The first kappa shape index (κ1) is 20.4. The molecule has 0 amide bonds. The maximum atomic E-state index is 11.9. The Bertz CT molecular complexity index is 866. The lowest BCUT2D eigenvalue weighted by Gasteiger charge is -2.29. The summed E-state index contributed by atoms with van der Waals surface area (Å²) in [6, 6.07) is 11.2. The van der Waals surface area contributed by atoms with Gasteiger partial charge < -0.3 is 14.3 Å². The third kappa shape index (κ3) is 6.07. The van der Waals surface area contributed by atoms with Crippen LogP contribution < -0.4 is 4.74 Å². The number of aliphatic hydroxyl groups excluding tert-OH is 1. The molecule has 0 bridgehead atoms. The highest BCUT2D eigenvalue weighted by molar-refractivity contribution is 9.10. The van der Waals surface area contributed by atoms with Crippen LogP contribution in [0.25, 0.3) is 0 Å². The summed E-state index contributed by atoms with van der Waals surface area (Å²) >= 11 is 3.28. The van der Waals surface area contributed by atoms with Gasteiger partial charge >= 0.3 is 0 Å². The zero-order chi connectivity index (χ0) is 19.4. The Balaban J connectivity index is 1.63. The van der Waals surface area contributed by atoms with Gasteiger partial charge in [0.1, 0.15) is 24.2 Å². The second-order valence-electron chi connectivity index (χ2n) is 6.97. The van der Waals surface area contributed by atoms with Gasteiger partial charge in [-0.25, -0.2) is 8.42 Å². The van der Waals surface area contributed by atoms with Crippen LogP contribution in [0.5, 0.6) is 5.75 Å². The standard InChI is InChI=1S/C19H24BrNO5S/c1-14-3-2-4-17(9-14)25-12-16(22)10-21(11-18-5-6-19(20)26-18)15-7-8-27(23,24)13-15/h2-6,9,15-16,22H,7-8,10-13H2,1H3. The number of halogens is 1. The molecule has 1 aromatic carbocycles. The average molecular weight is 458 g/mol. The highest BCUT2D eigenvalue weighted by atomic mass is 79.9. The SMILES string of the molecule is Cc1cccc(OCC(O)CN(Cc2ccc(Br)o2)C2CCS(=O)(=O)C2)c1. The van der Waals surface area contributed by atoms with E-state index in [1.54, 1.807) is 6.07 Å². The lowest BCUT2D eigenvalue weighted by Crippen LogP contribution is -2.42. The zero-order valence-corrected chi connectivity index (χ0v) is 17.6. The monoisotopic (exact) mass is 457 g/mol. The molecule has 2 heterocycles. The van der Waals surface area contributed by atoms with Crippen LogP contribution in [0.3, 0.4) is 0 Å². The van der Waals surface area contributed by atoms with Crippen LogP contribution in [0.2, 0.25) is 0 Å². The number of hydrogen-bond acceptors (Lipinski definition) is 6. The molecular formula is C19H24BrNO5S. The number of hydrogen-bond donors (Lipinski definition) is 1. The first-order valence-corrected chi connectivity index (χ1v) is 11.5. The summed E-state index contributed by atoms with van der Waals surface area (Å²) in [7, 11) is -3.02. The molecule has 27 heavy (non-hydrogen) atoms. The van der Waals surface area contributed by atoms with E-state index in [0.29, 0.717) is 29.9 Å². The van der Waals surface area contributed by atoms with Crippen molar-refractivity contribution in [3.05, 3.63) is 52.4 Å². The van der Waals surface area contributed by atoms with Crippen LogP contribution in [0, 0.1) is 6.92 Å². The zero-order valence-electron chi connectivity index (χ0n) is 15.2. The van der Waals surface area contributed by atoms with E-state index in [1.165, 1.54) is 0 Å². The van der Waals surface area contributed by atoms with E-state index in [1.807, 2.05) is 42.2 Å². The minimum Gasteiger partial charge on any atom is -0.491 e. The Hall–Kier alpha value is -1.35. The molecule has 2 aromatic rings. The maximum Gasteiger partial charge on any atom is 0.169 e. The first-order chi connectivity index (χ1) is 12.8. The van der Waals surface area contributed by atoms with Crippen molar-refractivity contribution in [1.29, 1.82) is 0 Å². The minimum absolute atomic E-state index is 0.111. The van der Waals surface area contributed by atoms with Crippen LogP contribution in [0.15, 0.2) is 45.5 Å². The minimum atomic E-state index is -3.02. The quantitative estimate of drug-likeness (QED) is 0.656. The second kappa shape index (κ2) is 8.77. The van der Waals surface area contributed by atoms with Crippen molar-refractivity contribution in [3.8, 4) is 5.75 Å². The molecule has 1 saturated heterocycles. The number of nitrogens with zero attached hydrogens (tertiary/aromatic N) is 1. The van der Waals surface area contributed by atoms with E-state index in [0.717, 1.165) is 11.3 Å². The van der Waals surface area contributed by atoms with Gasteiger partial charge in [-0.15, -0.1) is 0 Å². The van der Waals surface area contributed by atoms with Crippen LogP contribution in [-0.4, -0.2) is 55.2 Å².